The summed E-state index contributed by atoms with van der Waals surface area (Å²) in [5.41, 5.74) is 6.06. The van der Waals surface area contributed by atoms with Crippen molar-refractivity contribution in [1.29, 1.82) is 5.41 Å². The van der Waals surface area contributed by atoms with E-state index in [9.17, 15) is 4.39 Å². The van der Waals surface area contributed by atoms with Crippen molar-refractivity contribution in [3.8, 4) is 5.75 Å². The third-order valence-electron chi connectivity index (χ3n) is 5.68. The lowest BCUT2D eigenvalue weighted by atomic mass is 10.1. The van der Waals surface area contributed by atoms with Gasteiger partial charge in [-0.15, -0.1) is 0 Å². The molecule has 150 valence electrons. The Hall–Kier alpha value is -3.13. The average molecular weight is 394 g/mol. The molecule has 0 amide bonds. The number of aromatic nitrogens is 2. The Morgan fingerprint density at radius 2 is 2.10 bits per heavy atom. The van der Waals surface area contributed by atoms with E-state index in [4.69, 9.17) is 10.1 Å². The lowest BCUT2D eigenvalue weighted by Gasteiger charge is -2.17. The van der Waals surface area contributed by atoms with Crippen LogP contribution in [0.2, 0.25) is 0 Å². The average Bonchev–Trinajstić information content (AvgIpc) is 3.33. The van der Waals surface area contributed by atoms with Crippen LogP contribution in [0, 0.1) is 11.2 Å². The summed E-state index contributed by atoms with van der Waals surface area (Å²) >= 11 is 0. The number of ether oxygens (including phenoxy) is 1. The second-order valence-electron chi connectivity index (χ2n) is 7.53. The quantitative estimate of drug-likeness (QED) is 0.620. The van der Waals surface area contributed by atoms with Crippen molar-refractivity contribution in [3.05, 3.63) is 59.0 Å². The largest absolute Gasteiger partial charge is 0.494 e. The van der Waals surface area contributed by atoms with Crippen molar-refractivity contribution < 1.29 is 9.13 Å². The predicted octanol–water partition coefficient (Wildman–Crippen LogP) is 2.75. The molecule has 0 radical (unpaired) electrons. The third-order valence-corrected chi connectivity index (χ3v) is 5.68. The molecular formula is C21H23FN6O. The van der Waals surface area contributed by atoms with Gasteiger partial charge in [-0.2, -0.15) is 0 Å². The van der Waals surface area contributed by atoms with Crippen LogP contribution in [0.3, 0.4) is 0 Å². The molecule has 1 aromatic heterocycles. The Morgan fingerprint density at radius 1 is 1.24 bits per heavy atom. The summed E-state index contributed by atoms with van der Waals surface area (Å²) in [4.78, 5) is 6.66. The first-order valence-electron chi connectivity index (χ1n) is 9.80. The smallest absolute Gasteiger partial charge is 0.243 e. The molecule has 3 heterocycles. The van der Waals surface area contributed by atoms with E-state index in [0.717, 1.165) is 48.3 Å². The third kappa shape index (κ3) is 3.09. The maximum atomic E-state index is 13.9. The van der Waals surface area contributed by atoms with Crippen LogP contribution in [0.15, 0.2) is 36.4 Å². The zero-order valence-electron chi connectivity index (χ0n) is 16.2. The van der Waals surface area contributed by atoms with E-state index in [2.05, 4.69) is 20.6 Å². The predicted molar refractivity (Wildman–Crippen MR) is 109 cm³/mol. The SMILES string of the molecule is COc1cccc2c3n(c(=N)nc12)NC(CCCN1Cc2cccc(F)c2C1)N3. The van der Waals surface area contributed by atoms with E-state index in [1.165, 1.54) is 6.07 Å². The summed E-state index contributed by atoms with van der Waals surface area (Å²) in [6.07, 6.45) is 1.85. The number of anilines is 1. The number of nitrogens with zero attached hydrogens (tertiary/aromatic N) is 3. The van der Waals surface area contributed by atoms with Crippen molar-refractivity contribution in [1.82, 2.24) is 14.6 Å². The molecule has 7 nitrogen and oxygen atoms in total. The standard InChI is InChI=1S/C21H23FN6O/c1-29-17-8-3-6-14-19(17)25-21(23)28-20(14)24-18(26-28)9-4-10-27-11-13-5-2-7-16(22)15(13)12-27/h2-3,5-8,18,23-24,26H,4,9-12H2,1H3. The summed E-state index contributed by atoms with van der Waals surface area (Å²) in [5, 5.41) is 12.6. The van der Waals surface area contributed by atoms with Crippen LogP contribution < -0.4 is 21.1 Å². The number of fused-ring (bicyclic) bond motifs is 4. The highest BCUT2D eigenvalue weighted by Crippen LogP contribution is 2.30. The van der Waals surface area contributed by atoms with Crippen molar-refractivity contribution in [2.75, 3.05) is 24.4 Å². The maximum Gasteiger partial charge on any atom is 0.243 e. The van der Waals surface area contributed by atoms with E-state index >= 15 is 0 Å². The number of methoxy groups -OCH3 is 1. The van der Waals surface area contributed by atoms with Crippen molar-refractivity contribution in [3.63, 3.8) is 0 Å². The molecule has 5 rings (SSSR count). The first-order chi connectivity index (χ1) is 14.1. The number of hydrogen-bond donors (Lipinski definition) is 3. The molecule has 0 spiro atoms. The molecule has 29 heavy (non-hydrogen) atoms. The van der Waals surface area contributed by atoms with Gasteiger partial charge in [-0.3, -0.25) is 15.7 Å². The van der Waals surface area contributed by atoms with Crippen LogP contribution in [0.25, 0.3) is 10.9 Å². The highest BCUT2D eigenvalue weighted by atomic mass is 19.1. The molecule has 0 saturated heterocycles. The first kappa shape index (κ1) is 17.9. The summed E-state index contributed by atoms with van der Waals surface area (Å²) in [5.74, 6) is 1.39. The van der Waals surface area contributed by atoms with Gasteiger partial charge in [0.2, 0.25) is 5.62 Å². The van der Waals surface area contributed by atoms with E-state index in [1.807, 2.05) is 24.3 Å². The molecule has 1 unspecified atom stereocenters. The van der Waals surface area contributed by atoms with Crippen LogP contribution in [0.5, 0.6) is 5.75 Å². The maximum absolute atomic E-state index is 13.9. The van der Waals surface area contributed by atoms with Gasteiger partial charge in [-0.05, 0) is 43.1 Å². The monoisotopic (exact) mass is 394 g/mol. The van der Waals surface area contributed by atoms with Gasteiger partial charge in [0.25, 0.3) is 0 Å². The van der Waals surface area contributed by atoms with Gasteiger partial charge in [0.15, 0.2) is 0 Å². The fourth-order valence-corrected chi connectivity index (χ4v) is 4.26. The molecule has 3 N–H and O–H groups in total. The summed E-state index contributed by atoms with van der Waals surface area (Å²) in [7, 11) is 1.61. The van der Waals surface area contributed by atoms with Crippen molar-refractivity contribution in [2.45, 2.75) is 32.1 Å². The molecule has 2 aliphatic rings. The van der Waals surface area contributed by atoms with E-state index in [0.29, 0.717) is 17.8 Å². The molecule has 8 heteroatoms. The van der Waals surface area contributed by atoms with E-state index in [-0.39, 0.29) is 17.6 Å². The number of halogens is 1. The molecule has 2 aromatic carbocycles. The minimum Gasteiger partial charge on any atom is -0.494 e. The second-order valence-corrected chi connectivity index (χ2v) is 7.53. The Labute approximate surface area is 167 Å². The Balaban J connectivity index is 1.25. The van der Waals surface area contributed by atoms with Gasteiger partial charge >= 0.3 is 0 Å². The minimum atomic E-state index is -0.103. The van der Waals surface area contributed by atoms with Crippen LogP contribution in [0.1, 0.15) is 24.0 Å². The minimum absolute atomic E-state index is 0.0133. The normalized spacial score (nSPS) is 17.7. The summed E-state index contributed by atoms with van der Waals surface area (Å²) in [6, 6.07) is 11.1. The van der Waals surface area contributed by atoms with E-state index in [1.54, 1.807) is 17.9 Å². The van der Waals surface area contributed by atoms with Gasteiger partial charge < -0.3 is 10.1 Å². The highest BCUT2D eigenvalue weighted by molar-refractivity contribution is 5.93. The van der Waals surface area contributed by atoms with Gasteiger partial charge in [-0.1, -0.05) is 18.2 Å². The second kappa shape index (κ2) is 7.04. The zero-order chi connectivity index (χ0) is 20.0. The Morgan fingerprint density at radius 3 is 2.93 bits per heavy atom. The molecule has 1 atom stereocenters. The molecule has 3 aromatic rings. The number of benzene rings is 2. The fourth-order valence-electron chi connectivity index (χ4n) is 4.26. The lowest BCUT2D eigenvalue weighted by Crippen LogP contribution is -2.32. The van der Waals surface area contributed by atoms with Crippen LogP contribution >= 0.6 is 0 Å². The fraction of sp³-hybridized carbons (Fsp3) is 0.333. The number of rotatable bonds is 5. The van der Waals surface area contributed by atoms with Crippen LogP contribution in [-0.2, 0) is 13.1 Å². The van der Waals surface area contributed by atoms with Crippen LogP contribution in [0.4, 0.5) is 10.2 Å². The molecule has 0 fully saturated rings. The first-order valence-corrected chi connectivity index (χ1v) is 9.80. The molecular weight excluding hydrogens is 371 g/mol. The Kier molecular flexibility index (Phi) is 4.35. The van der Waals surface area contributed by atoms with Gasteiger partial charge in [0.05, 0.1) is 7.11 Å². The molecule has 0 bridgehead atoms. The zero-order valence-corrected chi connectivity index (χ0v) is 16.2. The molecule has 2 aliphatic heterocycles. The molecule has 0 saturated carbocycles. The van der Waals surface area contributed by atoms with Crippen LogP contribution in [-0.4, -0.2) is 34.4 Å². The number of nitrogens with one attached hydrogen (secondary N) is 3. The topological polar surface area (TPSA) is 78.2 Å². The van der Waals surface area contributed by atoms with Crippen molar-refractivity contribution >= 4 is 16.7 Å². The lowest BCUT2D eigenvalue weighted by molar-refractivity contribution is 0.274. The van der Waals surface area contributed by atoms with Gasteiger partial charge in [0.1, 0.15) is 29.1 Å². The van der Waals surface area contributed by atoms with E-state index < -0.39 is 0 Å². The Bertz CT molecular complexity index is 1140. The highest BCUT2D eigenvalue weighted by Gasteiger charge is 2.25. The van der Waals surface area contributed by atoms with Gasteiger partial charge in [-0.25, -0.2) is 14.1 Å². The summed E-state index contributed by atoms with van der Waals surface area (Å²) < 4.78 is 21.0. The summed E-state index contributed by atoms with van der Waals surface area (Å²) in [6.45, 7) is 2.38. The number of para-hydroxylation sites is 1. The van der Waals surface area contributed by atoms with Gasteiger partial charge in [0, 0.05) is 24.0 Å². The molecule has 0 aliphatic carbocycles. The van der Waals surface area contributed by atoms with Crippen molar-refractivity contribution in [2.24, 2.45) is 0 Å². The number of hydrogen-bond acceptors (Lipinski definition) is 6.